The Morgan fingerprint density at radius 2 is 1.67 bits per heavy atom. The van der Waals surface area contributed by atoms with Gasteiger partial charge in [-0.2, -0.15) is 4.31 Å². The van der Waals surface area contributed by atoms with Crippen LogP contribution in [0.2, 0.25) is 0 Å². The van der Waals surface area contributed by atoms with Gasteiger partial charge in [0, 0.05) is 12.6 Å². The first-order valence-corrected chi connectivity index (χ1v) is 14.9. The van der Waals surface area contributed by atoms with Gasteiger partial charge in [0.15, 0.2) is 11.5 Å². The molecule has 0 aliphatic heterocycles. The van der Waals surface area contributed by atoms with Crippen LogP contribution >= 0.6 is 0 Å². The predicted octanol–water partition coefficient (Wildman–Crippen LogP) is 5.20. The lowest BCUT2D eigenvalue weighted by molar-refractivity contribution is -0.132. The van der Waals surface area contributed by atoms with E-state index in [9.17, 15) is 13.2 Å². The Balaban J connectivity index is 1.59. The lowest BCUT2D eigenvalue weighted by Crippen LogP contribution is -2.48. The number of furan rings is 1. The first kappa shape index (κ1) is 28.7. The fourth-order valence-electron chi connectivity index (χ4n) is 5.09. The minimum Gasteiger partial charge on any atom is -0.493 e. The number of carbonyl (C=O) groups is 1. The van der Waals surface area contributed by atoms with E-state index in [1.165, 1.54) is 4.31 Å². The molecule has 0 atom stereocenters. The highest BCUT2D eigenvalue weighted by Gasteiger charge is 2.35. The van der Waals surface area contributed by atoms with Crippen LogP contribution < -0.4 is 9.47 Å². The van der Waals surface area contributed by atoms with Gasteiger partial charge in [0.1, 0.15) is 11.5 Å². The Morgan fingerprint density at radius 1 is 0.949 bits per heavy atom. The van der Waals surface area contributed by atoms with Crippen molar-refractivity contribution in [1.82, 2.24) is 9.21 Å². The first-order valence-electron chi connectivity index (χ1n) is 13.4. The van der Waals surface area contributed by atoms with Crippen molar-refractivity contribution in [3.05, 3.63) is 77.7 Å². The van der Waals surface area contributed by atoms with Gasteiger partial charge in [0.25, 0.3) is 0 Å². The summed E-state index contributed by atoms with van der Waals surface area (Å²) in [5.41, 5.74) is 0.974. The molecule has 9 heteroatoms. The zero-order chi connectivity index (χ0) is 27.8. The molecule has 0 unspecified atom stereocenters. The van der Waals surface area contributed by atoms with E-state index in [2.05, 4.69) is 0 Å². The Kier molecular flexibility index (Phi) is 9.69. The summed E-state index contributed by atoms with van der Waals surface area (Å²) in [7, 11) is -0.675. The topological polar surface area (TPSA) is 89.3 Å². The third-order valence-corrected chi connectivity index (χ3v) is 9.15. The number of hydrogen-bond acceptors (Lipinski definition) is 6. The third kappa shape index (κ3) is 7.22. The molecule has 4 rings (SSSR count). The van der Waals surface area contributed by atoms with Crippen LogP contribution in [0.25, 0.3) is 0 Å². The quantitative estimate of drug-likeness (QED) is 0.306. The van der Waals surface area contributed by atoms with Crippen molar-refractivity contribution in [3.8, 4) is 11.5 Å². The number of amides is 1. The molecule has 39 heavy (non-hydrogen) atoms. The Hall–Kier alpha value is -3.30. The van der Waals surface area contributed by atoms with Crippen LogP contribution in [-0.2, 0) is 27.8 Å². The normalized spacial score (nSPS) is 14.4. The molecule has 1 saturated carbocycles. The second kappa shape index (κ2) is 13.2. The van der Waals surface area contributed by atoms with Gasteiger partial charge in [-0.1, -0.05) is 43.5 Å². The molecule has 0 bridgehead atoms. The van der Waals surface area contributed by atoms with Gasteiger partial charge in [-0.15, -0.1) is 0 Å². The van der Waals surface area contributed by atoms with Crippen molar-refractivity contribution in [2.75, 3.05) is 27.3 Å². The lowest BCUT2D eigenvalue weighted by atomic mass is 9.95. The highest BCUT2D eigenvalue weighted by Crippen LogP contribution is 2.29. The standard InChI is InChI=1S/C30H38N2O6S/c1-23-14-16-26(38-23)21-31(19-18-24-15-17-28(36-2)29(20-24)37-3)30(33)22-32(25-10-6-4-7-11-25)39(34,35)27-12-8-5-9-13-27/h5,8-9,12-17,20,25H,4,6-7,10-11,18-19,21-22H2,1-3H3. The van der Waals surface area contributed by atoms with Gasteiger partial charge in [0.2, 0.25) is 15.9 Å². The van der Waals surface area contributed by atoms with Gasteiger partial charge in [0.05, 0.1) is 32.2 Å². The zero-order valence-corrected chi connectivity index (χ0v) is 23.8. The molecule has 1 aromatic heterocycles. The number of hydrogen-bond donors (Lipinski definition) is 0. The van der Waals surface area contributed by atoms with E-state index in [0.717, 1.165) is 43.4 Å². The molecule has 0 N–H and O–H groups in total. The highest BCUT2D eigenvalue weighted by molar-refractivity contribution is 7.89. The molecule has 0 saturated heterocycles. The van der Waals surface area contributed by atoms with Crippen LogP contribution in [0.1, 0.15) is 49.2 Å². The zero-order valence-electron chi connectivity index (χ0n) is 23.0. The van der Waals surface area contributed by atoms with Crippen molar-refractivity contribution >= 4 is 15.9 Å². The summed E-state index contributed by atoms with van der Waals surface area (Å²) >= 11 is 0. The minimum atomic E-state index is -3.85. The molecule has 1 fully saturated rings. The van der Waals surface area contributed by atoms with Crippen molar-refractivity contribution < 1.29 is 27.1 Å². The number of methoxy groups -OCH3 is 2. The average Bonchev–Trinajstić information content (AvgIpc) is 3.38. The largest absolute Gasteiger partial charge is 0.493 e. The maximum absolute atomic E-state index is 13.9. The van der Waals surface area contributed by atoms with Crippen molar-refractivity contribution in [2.24, 2.45) is 0 Å². The Morgan fingerprint density at radius 3 is 2.31 bits per heavy atom. The lowest BCUT2D eigenvalue weighted by Gasteiger charge is -2.34. The molecule has 2 aromatic carbocycles. The molecule has 1 aliphatic rings. The minimum absolute atomic E-state index is 0.202. The Labute approximate surface area is 231 Å². The molecule has 8 nitrogen and oxygen atoms in total. The van der Waals surface area contributed by atoms with E-state index in [-0.39, 0.29) is 29.9 Å². The molecule has 0 radical (unpaired) electrons. The first-order chi connectivity index (χ1) is 18.8. The maximum Gasteiger partial charge on any atom is 0.243 e. The second-order valence-electron chi connectivity index (χ2n) is 9.92. The number of benzene rings is 2. The van der Waals surface area contributed by atoms with Crippen LogP contribution in [0.5, 0.6) is 11.5 Å². The van der Waals surface area contributed by atoms with Crippen LogP contribution in [0.15, 0.2) is 70.0 Å². The van der Waals surface area contributed by atoms with Gasteiger partial charge >= 0.3 is 0 Å². The predicted molar refractivity (Wildman–Crippen MR) is 149 cm³/mol. The van der Waals surface area contributed by atoms with Gasteiger partial charge in [-0.25, -0.2) is 8.42 Å². The van der Waals surface area contributed by atoms with E-state index in [4.69, 9.17) is 13.9 Å². The number of ether oxygens (including phenoxy) is 2. The van der Waals surface area contributed by atoms with Crippen LogP contribution in [0.4, 0.5) is 0 Å². The SMILES string of the molecule is COc1ccc(CCN(Cc2ccc(C)o2)C(=O)CN(C2CCCCC2)S(=O)(=O)c2ccccc2)cc1OC. The number of nitrogens with zero attached hydrogens (tertiary/aromatic N) is 2. The summed E-state index contributed by atoms with van der Waals surface area (Å²) in [4.78, 5) is 15.8. The Bertz CT molecular complexity index is 1330. The number of aryl methyl sites for hydroxylation is 1. The van der Waals surface area contributed by atoms with Crippen LogP contribution in [0.3, 0.4) is 0 Å². The number of carbonyl (C=O) groups excluding carboxylic acids is 1. The molecule has 1 amide bonds. The van der Waals surface area contributed by atoms with Gasteiger partial charge < -0.3 is 18.8 Å². The van der Waals surface area contributed by atoms with E-state index in [1.54, 1.807) is 49.5 Å². The van der Waals surface area contributed by atoms with E-state index in [0.29, 0.717) is 30.2 Å². The molecular weight excluding hydrogens is 516 g/mol. The van der Waals surface area contributed by atoms with Crippen molar-refractivity contribution in [3.63, 3.8) is 0 Å². The van der Waals surface area contributed by atoms with Gasteiger partial charge in [-0.05, 0) is 68.1 Å². The molecule has 0 spiro atoms. The van der Waals surface area contributed by atoms with Gasteiger partial charge in [-0.3, -0.25) is 4.79 Å². The third-order valence-electron chi connectivity index (χ3n) is 7.24. The fraction of sp³-hybridized carbons (Fsp3) is 0.433. The number of rotatable bonds is 12. The fourth-order valence-corrected chi connectivity index (χ4v) is 6.75. The maximum atomic E-state index is 13.9. The monoisotopic (exact) mass is 554 g/mol. The van der Waals surface area contributed by atoms with E-state index < -0.39 is 10.0 Å². The smallest absolute Gasteiger partial charge is 0.243 e. The van der Waals surface area contributed by atoms with E-state index in [1.807, 2.05) is 37.3 Å². The summed E-state index contributed by atoms with van der Waals surface area (Å²) in [6.07, 6.45) is 5.05. The molecule has 3 aromatic rings. The molecule has 1 aliphatic carbocycles. The van der Waals surface area contributed by atoms with Crippen LogP contribution in [0, 0.1) is 6.92 Å². The van der Waals surface area contributed by atoms with E-state index >= 15 is 0 Å². The van der Waals surface area contributed by atoms with Crippen molar-refractivity contribution in [1.29, 1.82) is 0 Å². The van der Waals surface area contributed by atoms with Crippen molar-refractivity contribution in [2.45, 2.75) is 62.9 Å². The van der Waals surface area contributed by atoms with Crippen LogP contribution in [-0.4, -0.2) is 56.9 Å². The summed E-state index contributed by atoms with van der Waals surface area (Å²) < 4.78 is 45.5. The highest BCUT2D eigenvalue weighted by atomic mass is 32.2. The summed E-state index contributed by atoms with van der Waals surface area (Å²) in [6, 6.07) is 17.6. The second-order valence-corrected chi connectivity index (χ2v) is 11.8. The average molecular weight is 555 g/mol. The molecule has 210 valence electrons. The summed E-state index contributed by atoms with van der Waals surface area (Å²) in [5, 5.41) is 0. The molecular formula is C30H38N2O6S. The number of sulfonamides is 1. The molecule has 1 heterocycles. The summed E-state index contributed by atoms with van der Waals surface area (Å²) in [5.74, 6) is 2.41. The summed E-state index contributed by atoms with van der Waals surface area (Å²) in [6.45, 7) is 2.28.